The van der Waals surface area contributed by atoms with Gasteiger partial charge in [-0.2, -0.15) is 0 Å². The van der Waals surface area contributed by atoms with Gasteiger partial charge >= 0.3 is 0 Å². The number of carbonyl (C=O) groups excluding carboxylic acids is 1. The fourth-order valence-corrected chi connectivity index (χ4v) is 2.85. The first-order valence-electron chi connectivity index (χ1n) is 7.39. The van der Waals surface area contributed by atoms with Gasteiger partial charge in [0.25, 0.3) is 0 Å². The second-order valence-corrected chi connectivity index (χ2v) is 5.41. The van der Waals surface area contributed by atoms with Gasteiger partial charge in [-0.25, -0.2) is 0 Å². The number of carbonyl (C=O) groups is 1. The summed E-state index contributed by atoms with van der Waals surface area (Å²) in [5.74, 6) is 0.683. The largest absolute Gasteiger partial charge is 0.495 e. The topological polar surface area (TPSA) is 59.6 Å². The number of anilines is 2. The van der Waals surface area contributed by atoms with Crippen LogP contribution in [0.2, 0.25) is 0 Å². The van der Waals surface area contributed by atoms with Gasteiger partial charge in [0.05, 0.1) is 24.9 Å². The molecule has 1 aromatic carbocycles. The summed E-state index contributed by atoms with van der Waals surface area (Å²) in [5.41, 5.74) is 1.65. The highest BCUT2D eigenvalue weighted by atomic mass is 16.5. The molecule has 0 aromatic heterocycles. The average molecular weight is 292 g/mol. The maximum atomic E-state index is 11.2. The predicted molar refractivity (Wildman–Crippen MR) is 84.0 cm³/mol. The molecule has 1 aliphatic carbocycles. The van der Waals surface area contributed by atoms with E-state index in [9.17, 15) is 4.79 Å². The Bertz CT molecular complexity index is 490. The predicted octanol–water partition coefficient (Wildman–Crippen LogP) is 3.02. The Hall–Kier alpha value is -1.75. The number of amides is 1. The smallest absolute Gasteiger partial charge is 0.221 e. The molecule has 1 aromatic rings. The first-order chi connectivity index (χ1) is 10.1. The van der Waals surface area contributed by atoms with E-state index in [1.807, 2.05) is 18.2 Å². The second-order valence-electron chi connectivity index (χ2n) is 5.41. The van der Waals surface area contributed by atoms with Crippen LogP contribution < -0.4 is 15.4 Å². The molecule has 2 rings (SSSR count). The van der Waals surface area contributed by atoms with Crippen LogP contribution in [-0.2, 0) is 9.53 Å². The van der Waals surface area contributed by atoms with Crippen LogP contribution >= 0.6 is 0 Å². The number of hydrogen-bond acceptors (Lipinski definition) is 4. The number of nitrogens with one attached hydrogen (secondary N) is 2. The zero-order valence-electron chi connectivity index (χ0n) is 12.9. The minimum absolute atomic E-state index is 0.0847. The molecule has 1 fully saturated rings. The van der Waals surface area contributed by atoms with Gasteiger partial charge < -0.3 is 20.1 Å². The van der Waals surface area contributed by atoms with Crippen LogP contribution in [0.25, 0.3) is 0 Å². The van der Waals surface area contributed by atoms with E-state index in [2.05, 4.69) is 10.6 Å². The highest BCUT2D eigenvalue weighted by molar-refractivity contribution is 5.89. The molecule has 0 saturated heterocycles. The Morgan fingerprint density at radius 3 is 2.67 bits per heavy atom. The van der Waals surface area contributed by atoms with Crippen LogP contribution in [0.3, 0.4) is 0 Å². The van der Waals surface area contributed by atoms with E-state index in [1.54, 1.807) is 14.2 Å². The number of hydrogen-bond donors (Lipinski definition) is 2. The molecule has 0 radical (unpaired) electrons. The maximum absolute atomic E-state index is 11.2. The Kier molecular flexibility index (Phi) is 5.44. The van der Waals surface area contributed by atoms with Crippen molar-refractivity contribution in [3.63, 3.8) is 0 Å². The molecule has 1 amide bonds. The van der Waals surface area contributed by atoms with E-state index in [-0.39, 0.29) is 18.1 Å². The SMILES string of the molecule is COc1ccc(NC(C)=O)cc1NC1CCCCC1OC. The van der Waals surface area contributed by atoms with Crippen molar-refractivity contribution in [2.45, 2.75) is 44.8 Å². The molecule has 21 heavy (non-hydrogen) atoms. The van der Waals surface area contributed by atoms with Crippen molar-refractivity contribution in [1.82, 2.24) is 0 Å². The van der Waals surface area contributed by atoms with E-state index in [0.29, 0.717) is 0 Å². The molecule has 0 spiro atoms. The fraction of sp³-hybridized carbons (Fsp3) is 0.562. The van der Waals surface area contributed by atoms with Crippen LogP contribution in [0, 0.1) is 0 Å². The molecule has 116 valence electrons. The molecular formula is C16H24N2O3. The lowest BCUT2D eigenvalue weighted by Crippen LogP contribution is -2.37. The maximum Gasteiger partial charge on any atom is 0.221 e. The van der Waals surface area contributed by atoms with Crippen LogP contribution in [0.1, 0.15) is 32.6 Å². The minimum Gasteiger partial charge on any atom is -0.495 e. The molecule has 0 bridgehead atoms. The summed E-state index contributed by atoms with van der Waals surface area (Å²) in [7, 11) is 3.41. The van der Waals surface area contributed by atoms with Gasteiger partial charge in [-0.3, -0.25) is 4.79 Å². The second kappa shape index (κ2) is 7.31. The molecule has 2 atom stereocenters. The van der Waals surface area contributed by atoms with Gasteiger partial charge in [-0.05, 0) is 31.0 Å². The third-order valence-electron chi connectivity index (χ3n) is 3.87. The number of ether oxygens (including phenoxy) is 2. The third-order valence-corrected chi connectivity index (χ3v) is 3.87. The lowest BCUT2D eigenvalue weighted by molar-refractivity contribution is -0.114. The molecule has 0 heterocycles. The molecule has 1 aliphatic rings. The standard InChI is InChI=1S/C16H24N2O3/c1-11(19)17-12-8-9-16(21-3)14(10-12)18-13-6-4-5-7-15(13)20-2/h8-10,13,15,18H,4-7H2,1-3H3,(H,17,19). The summed E-state index contributed by atoms with van der Waals surface area (Å²) in [5, 5.41) is 6.31. The Morgan fingerprint density at radius 1 is 1.24 bits per heavy atom. The molecule has 2 unspecified atom stereocenters. The number of rotatable bonds is 5. The highest BCUT2D eigenvalue weighted by Crippen LogP contribution is 2.31. The van der Waals surface area contributed by atoms with Gasteiger partial charge in [0.2, 0.25) is 5.91 Å². The Balaban J connectivity index is 2.17. The van der Waals surface area contributed by atoms with Crippen molar-refractivity contribution in [1.29, 1.82) is 0 Å². The van der Waals surface area contributed by atoms with Crippen molar-refractivity contribution < 1.29 is 14.3 Å². The van der Waals surface area contributed by atoms with Crippen LogP contribution in [0.4, 0.5) is 11.4 Å². The number of methoxy groups -OCH3 is 2. The van der Waals surface area contributed by atoms with Gasteiger partial charge in [0.1, 0.15) is 5.75 Å². The van der Waals surface area contributed by atoms with Crippen molar-refractivity contribution >= 4 is 17.3 Å². The van der Waals surface area contributed by atoms with Crippen molar-refractivity contribution in [2.75, 3.05) is 24.9 Å². The van der Waals surface area contributed by atoms with E-state index in [0.717, 1.165) is 30.0 Å². The molecule has 2 N–H and O–H groups in total. The lowest BCUT2D eigenvalue weighted by atomic mass is 9.92. The Morgan fingerprint density at radius 2 is 2.00 bits per heavy atom. The van der Waals surface area contributed by atoms with E-state index >= 15 is 0 Å². The fourth-order valence-electron chi connectivity index (χ4n) is 2.85. The van der Waals surface area contributed by atoms with Gasteiger partial charge in [0, 0.05) is 19.7 Å². The summed E-state index contributed by atoms with van der Waals surface area (Å²) in [6.07, 6.45) is 4.77. The van der Waals surface area contributed by atoms with E-state index < -0.39 is 0 Å². The first kappa shape index (κ1) is 15.6. The van der Waals surface area contributed by atoms with Crippen LogP contribution in [-0.4, -0.2) is 32.3 Å². The zero-order chi connectivity index (χ0) is 15.2. The molecule has 5 nitrogen and oxygen atoms in total. The molecule has 0 aliphatic heterocycles. The Labute approximate surface area is 126 Å². The molecular weight excluding hydrogens is 268 g/mol. The monoisotopic (exact) mass is 292 g/mol. The lowest BCUT2D eigenvalue weighted by Gasteiger charge is -2.32. The summed E-state index contributed by atoms with van der Waals surface area (Å²) in [4.78, 5) is 11.2. The van der Waals surface area contributed by atoms with Crippen molar-refractivity contribution in [3.05, 3.63) is 18.2 Å². The van der Waals surface area contributed by atoms with Gasteiger partial charge in [-0.1, -0.05) is 12.8 Å². The van der Waals surface area contributed by atoms with Crippen LogP contribution in [0.15, 0.2) is 18.2 Å². The molecule has 5 heteroatoms. The number of benzene rings is 1. The minimum atomic E-state index is -0.0847. The highest BCUT2D eigenvalue weighted by Gasteiger charge is 2.25. The van der Waals surface area contributed by atoms with Crippen molar-refractivity contribution in [2.24, 2.45) is 0 Å². The summed E-state index contributed by atoms with van der Waals surface area (Å²) in [6.45, 7) is 1.50. The summed E-state index contributed by atoms with van der Waals surface area (Å²) < 4.78 is 11.0. The van der Waals surface area contributed by atoms with Gasteiger partial charge in [-0.15, -0.1) is 0 Å². The summed E-state index contributed by atoms with van der Waals surface area (Å²) >= 11 is 0. The quantitative estimate of drug-likeness (QED) is 0.876. The average Bonchev–Trinajstić information content (AvgIpc) is 2.47. The van der Waals surface area contributed by atoms with E-state index in [1.165, 1.54) is 19.8 Å². The van der Waals surface area contributed by atoms with Gasteiger partial charge in [0.15, 0.2) is 0 Å². The summed E-state index contributed by atoms with van der Waals surface area (Å²) in [6, 6.07) is 5.87. The first-order valence-corrected chi connectivity index (χ1v) is 7.39. The van der Waals surface area contributed by atoms with E-state index in [4.69, 9.17) is 9.47 Å². The molecule has 1 saturated carbocycles. The van der Waals surface area contributed by atoms with Crippen LogP contribution in [0.5, 0.6) is 5.75 Å². The normalized spacial score (nSPS) is 21.7. The third kappa shape index (κ3) is 4.11. The van der Waals surface area contributed by atoms with Crippen molar-refractivity contribution in [3.8, 4) is 5.75 Å². The zero-order valence-corrected chi connectivity index (χ0v) is 12.9.